The molecule has 0 saturated heterocycles. The van der Waals surface area contributed by atoms with Gasteiger partial charge in [-0.1, -0.05) is 31.5 Å². The van der Waals surface area contributed by atoms with E-state index in [-0.39, 0.29) is 17.5 Å². The molecule has 1 aromatic rings. The predicted octanol–water partition coefficient (Wildman–Crippen LogP) is 2.78. The van der Waals surface area contributed by atoms with Crippen LogP contribution in [-0.4, -0.2) is 27.0 Å². The number of aryl methyl sites for hydroxylation is 2. The Morgan fingerprint density at radius 3 is 2.42 bits per heavy atom. The number of sulfone groups is 1. The van der Waals surface area contributed by atoms with Crippen LogP contribution in [0.5, 0.6) is 0 Å². The van der Waals surface area contributed by atoms with Gasteiger partial charge < -0.3 is 5.32 Å². The topological polar surface area (TPSA) is 46.2 Å². The van der Waals surface area contributed by atoms with Gasteiger partial charge in [0, 0.05) is 6.04 Å². The molecule has 3 nitrogen and oxygen atoms in total. The summed E-state index contributed by atoms with van der Waals surface area (Å²) in [6.07, 6.45) is 1.65. The molecule has 4 heteroatoms. The molecule has 0 aromatic heterocycles. The number of rotatable bonds is 7. The molecule has 0 bridgehead atoms. The summed E-state index contributed by atoms with van der Waals surface area (Å²) in [4.78, 5) is 0. The first-order chi connectivity index (χ1) is 8.89. The van der Waals surface area contributed by atoms with Crippen molar-refractivity contribution >= 4 is 9.84 Å². The minimum absolute atomic E-state index is 0.124. The van der Waals surface area contributed by atoms with Gasteiger partial charge >= 0.3 is 0 Å². The van der Waals surface area contributed by atoms with Crippen molar-refractivity contribution in [3.8, 4) is 0 Å². The van der Waals surface area contributed by atoms with Crippen molar-refractivity contribution in [1.82, 2.24) is 5.32 Å². The second-order valence-corrected chi connectivity index (χ2v) is 7.38. The van der Waals surface area contributed by atoms with Crippen LogP contribution < -0.4 is 5.32 Å². The van der Waals surface area contributed by atoms with Crippen LogP contribution >= 0.6 is 0 Å². The Balaban J connectivity index is 2.86. The Kier molecular flexibility index (Phi) is 6.01. The molecule has 108 valence electrons. The summed E-state index contributed by atoms with van der Waals surface area (Å²) in [5, 5.41) is 3.12. The van der Waals surface area contributed by atoms with Crippen molar-refractivity contribution in [3.05, 3.63) is 34.9 Å². The van der Waals surface area contributed by atoms with Crippen LogP contribution in [0.1, 0.15) is 42.5 Å². The van der Waals surface area contributed by atoms with Crippen molar-refractivity contribution in [3.63, 3.8) is 0 Å². The number of nitrogens with one attached hydrogen (secondary N) is 1. The largest absolute Gasteiger partial charge is 0.312 e. The Hall–Kier alpha value is -0.870. The van der Waals surface area contributed by atoms with Crippen molar-refractivity contribution < 1.29 is 8.42 Å². The molecular formula is C15H25NO2S. The van der Waals surface area contributed by atoms with Gasteiger partial charge in [0.2, 0.25) is 0 Å². The number of hydrogen-bond donors (Lipinski definition) is 1. The van der Waals surface area contributed by atoms with E-state index in [1.54, 1.807) is 0 Å². The number of benzene rings is 1. The van der Waals surface area contributed by atoms with Gasteiger partial charge in [-0.2, -0.15) is 0 Å². The predicted molar refractivity (Wildman–Crippen MR) is 81.3 cm³/mol. The second-order valence-electron chi connectivity index (χ2n) is 5.15. The molecule has 1 rings (SSSR count). The molecular weight excluding hydrogens is 258 g/mol. The minimum atomic E-state index is -2.99. The first kappa shape index (κ1) is 16.2. The highest BCUT2D eigenvalue weighted by Gasteiger charge is 2.19. The van der Waals surface area contributed by atoms with Gasteiger partial charge in [0.25, 0.3) is 0 Å². The van der Waals surface area contributed by atoms with E-state index in [2.05, 4.69) is 25.2 Å². The van der Waals surface area contributed by atoms with Gasteiger partial charge in [-0.05, 0) is 44.0 Å². The second kappa shape index (κ2) is 7.06. The fourth-order valence-corrected chi connectivity index (χ4v) is 3.79. The van der Waals surface area contributed by atoms with E-state index in [0.717, 1.165) is 18.4 Å². The number of unbranched alkanes of at least 4 members (excludes halogenated alkanes) is 1. The molecule has 0 aliphatic rings. The zero-order chi connectivity index (χ0) is 14.5. The molecule has 19 heavy (non-hydrogen) atoms. The lowest BCUT2D eigenvalue weighted by molar-refractivity contribution is 0.571. The summed E-state index contributed by atoms with van der Waals surface area (Å²) in [5.41, 5.74) is 3.47. The molecule has 0 fully saturated rings. The van der Waals surface area contributed by atoms with Gasteiger partial charge in [0.05, 0.1) is 11.5 Å². The normalized spacial score (nSPS) is 13.5. The standard InChI is InChI=1S/C15H25NO2S/c1-5-6-9-19(17,18)11-15(16-4)14-8-7-12(2)13(3)10-14/h7-8,10,15-16H,5-6,9,11H2,1-4H3. The van der Waals surface area contributed by atoms with Gasteiger partial charge in [-0.25, -0.2) is 8.42 Å². The summed E-state index contributed by atoms with van der Waals surface area (Å²) < 4.78 is 24.1. The van der Waals surface area contributed by atoms with Crippen LogP contribution in [0.4, 0.5) is 0 Å². The molecule has 0 amide bonds. The summed E-state index contributed by atoms with van der Waals surface area (Å²) in [7, 11) is -1.17. The van der Waals surface area contributed by atoms with Gasteiger partial charge in [0.1, 0.15) is 0 Å². The third-order valence-corrected chi connectivity index (χ3v) is 5.26. The monoisotopic (exact) mass is 283 g/mol. The van der Waals surface area contributed by atoms with Crippen LogP contribution in [0.3, 0.4) is 0 Å². The molecule has 0 spiro atoms. The smallest absolute Gasteiger partial charge is 0.152 e. The SMILES string of the molecule is CCCCS(=O)(=O)CC(NC)c1ccc(C)c(C)c1. The third-order valence-electron chi connectivity index (χ3n) is 3.51. The Morgan fingerprint density at radius 2 is 1.89 bits per heavy atom. The Bertz CT molecular complexity index is 509. The van der Waals surface area contributed by atoms with Crippen molar-refractivity contribution in [2.24, 2.45) is 0 Å². The van der Waals surface area contributed by atoms with E-state index in [0.29, 0.717) is 0 Å². The molecule has 0 heterocycles. The lowest BCUT2D eigenvalue weighted by atomic mass is 10.0. The molecule has 1 unspecified atom stereocenters. The molecule has 1 aromatic carbocycles. The first-order valence-corrected chi connectivity index (χ1v) is 8.66. The molecule has 0 aliphatic heterocycles. The summed E-state index contributed by atoms with van der Waals surface area (Å²) in [5.74, 6) is 0.457. The lowest BCUT2D eigenvalue weighted by Gasteiger charge is -2.18. The van der Waals surface area contributed by atoms with Crippen molar-refractivity contribution in [2.45, 2.75) is 39.7 Å². The minimum Gasteiger partial charge on any atom is -0.312 e. The third kappa shape index (κ3) is 4.96. The van der Waals surface area contributed by atoms with Crippen LogP contribution in [0, 0.1) is 13.8 Å². The van der Waals surface area contributed by atoms with E-state index in [9.17, 15) is 8.42 Å². The van der Waals surface area contributed by atoms with E-state index in [1.807, 2.05) is 26.1 Å². The highest BCUT2D eigenvalue weighted by molar-refractivity contribution is 7.91. The Labute approximate surface area is 117 Å². The van der Waals surface area contributed by atoms with Gasteiger partial charge in [0.15, 0.2) is 9.84 Å². The fourth-order valence-electron chi connectivity index (χ4n) is 2.03. The van der Waals surface area contributed by atoms with Crippen LogP contribution in [-0.2, 0) is 9.84 Å². The summed E-state index contributed by atoms with van der Waals surface area (Å²) in [6.45, 7) is 6.12. The molecule has 1 atom stereocenters. The van der Waals surface area contributed by atoms with E-state index < -0.39 is 9.84 Å². The van der Waals surface area contributed by atoms with E-state index in [1.165, 1.54) is 11.1 Å². The molecule has 0 aliphatic carbocycles. The maximum atomic E-state index is 12.0. The van der Waals surface area contributed by atoms with Crippen LogP contribution in [0.2, 0.25) is 0 Å². The highest BCUT2D eigenvalue weighted by atomic mass is 32.2. The van der Waals surface area contributed by atoms with E-state index >= 15 is 0 Å². The first-order valence-electron chi connectivity index (χ1n) is 6.84. The fraction of sp³-hybridized carbons (Fsp3) is 0.600. The van der Waals surface area contributed by atoms with Gasteiger partial charge in [-0.3, -0.25) is 0 Å². The maximum Gasteiger partial charge on any atom is 0.152 e. The van der Waals surface area contributed by atoms with Crippen LogP contribution in [0.25, 0.3) is 0 Å². The number of hydrogen-bond acceptors (Lipinski definition) is 3. The molecule has 0 radical (unpaired) electrons. The lowest BCUT2D eigenvalue weighted by Crippen LogP contribution is -2.26. The molecule has 1 N–H and O–H groups in total. The Morgan fingerprint density at radius 1 is 1.21 bits per heavy atom. The average Bonchev–Trinajstić information content (AvgIpc) is 2.37. The summed E-state index contributed by atoms with van der Waals surface area (Å²) >= 11 is 0. The molecule has 0 saturated carbocycles. The maximum absolute atomic E-state index is 12.0. The zero-order valence-electron chi connectivity index (χ0n) is 12.4. The van der Waals surface area contributed by atoms with Crippen molar-refractivity contribution in [2.75, 3.05) is 18.6 Å². The van der Waals surface area contributed by atoms with Crippen LogP contribution in [0.15, 0.2) is 18.2 Å². The summed E-state index contributed by atoms with van der Waals surface area (Å²) in [6, 6.07) is 6.01. The average molecular weight is 283 g/mol. The zero-order valence-corrected chi connectivity index (χ0v) is 13.2. The highest BCUT2D eigenvalue weighted by Crippen LogP contribution is 2.19. The van der Waals surface area contributed by atoms with Gasteiger partial charge in [-0.15, -0.1) is 0 Å². The van der Waals surface area contributed by atoms with E-state index in [4.69, 9.17) is 0 Å². The van der Waals surface area contributed by atoms with Crippen molar-refractivity contribution in [1.29, 1.82) is 0 Å². The quantitative estimate of drug-likeness (QED) is 0.837.